The largest absolute Gasteiger partial charge is 0.493 e. The van der Waals surface area contributed by atoms with Gasteiger partial charge in [-0.3, -0.25) is 4.79 Å². The van der Waals surface area contributed by atoms with Crippen molar-refractivity contribution in [3.8, 4) is 11.5 Å². The molecule has 1 aromatic heterocycles. The quantitative estimate of drug-likeness (QED) is 0.287. The Kier molecular flexibility index (Phi) is 6.54. The highest BCUT2D eigenvalue weighted by molar-refractivity contribution is 7.12. The average molecular weight is 394 g/mol. The molecule has 0 atom stereocenters. The molecule has 0 aliphatic heterocycles. The SMILES string of the molecule is COc1cc(/C=N\NC(=O)Cc2ccccc2)ccc1OC(=O)c1cccs1. The molecule has 0 aliphatic rings. The number of esters is 1. The summed E-state index contributed by atoms with van der Waals surface area (Å²) in [4.78, 5) is 24.5. The van der Waals surface area contributed by atoms with Gasteiger partial charge in [0.05, 0.1) is 19.7 Å². The van der Waals surface area contributed by atoms with E-state index >= 15 is 0 Å². The third-order valence-corrected chi connectivity index (χ3v) is 4.57. The third-order valence-electron chi connectivity index (χ3n) is 3.72. The Balaban J connectivity index is 1.60. The fourth-order valence-corrected chi connectivity index (χ4v) is 2.99. The molecule has 0 bridgehead atoms. The number of rotatable bonds is 7. The summed E-state index contributed by atoms with van der Waals surface area (Å²) in [6.45, 7) is 0. The van der Waals surface area contributed by atoms with Gasteiger partial charge in [-0.15, -0.1) is 11.3 Å². The lowest BCUT2D eigenvalue weighted by atomic mass is 10.1. The number of thiophene rings is 1. The molecule has 0 spiro atoms. The van der Waals surface area contributed by atoms with Crippen molar-refractivity contribution >= 4 is 29.4 Å². The Morgan fingerprint density at radius 1 is 1.07 bits per heavy atom. The van der Waals surface area contributed by atoms with E-state index in [9.17, 15) is 9.59 Å². The number of carbonyl (C=O) groups is 2. The maximum Gasteiger partial charge on any atom is 0.353 e. The second-order valence-corrected chi connectivity index (χ2v) is 6.68. The highest BCUT2D eigenvalue weighted by Gasteiger charge is 2.13. The van der Waals surface area contributed by atoms with Crippen molar-refractivity contribution in [2.24, 2.45) is 5.10 Å². The fourth-order valence-electron chi connectivity index (χ4n) is 2.39. The normalized spacial score (nSPS) is 10.6. The number of methoxy groups -OCH3 is 1. The van der Waals surface area contributed by atoms with Gasteiger partial charge >= 0.3 is 5.97 Å². The second-order valence-electron chi connectivity index (χ2n) is 5.73. The summed E-state index contributed by atoms with van der Waals surface area (Å²) in [6.07, 6.45) is 1.75. The van der Waals surface area contributed by atoms with Gasteiger partial charge in [0, 0.05) is 0 Å². The number of carbonyl (C=O) groups excluding carboxylic acids is 2. The summed E-state index contributed by atoms with van der Waals surface area (Å²) >= 11 is 1.30. The molecular formula is C21H18N2O4S. The molecule has 0 saturated carbocycles. The summed E-state index contributed by atoms with van der Waals surface area (Å²) in [5.74, 6) is 0.0504. The Morgan fingerprint density at radius 2 is 1.89 bits per heavy atom. The molecule has 0 saturated heterocycles. The zero-order valence-electron chi connectivity index (χ0n) is 15.1. The number of nitrogens with one attached hydrogen (secondary N) is 1. The fraction of sp³-hybridized carbons (Fsp3) is 0.0952. The summed E-state index contributed by atoms with van der Waals surface area (Å²) < 4.78 is 10.7. The molecular weight excluding hydrogens is 376 g/mol. The number of hydrogen-bond donors (Lipinski definition) is 1. The van der Waals surface area contributed by atoms with E-state index in [0.717, 1.165) is 5.56 Å². The summed E-state index contributed by atoms with van der Waals surface area (Å²) in [7, 11) is 1.49. The Morgan fingerprint density at radius 3 is 2.61 bits per heavy atom. The topological polar surface area (TPSA) is 77.0 Å². The van der Waals surface area contributed by atoms with Gasteiger partial charge in [-0.05, 0) is 40.8 Å². The van der Waals surface area contributed by atoms with E-state index < -0.39 is 5.97 Å². The van der Waals surface area contributed by atoms with Crippen LogP contribution in [0, 0.1) is 0 Å². The molecule has 0 unspecified atom stereocenters. The highest BCUT2D eigenvalue weighted by atomic mass is 32.1. The van der Waals surface area contributed by atoms with Gasteiger partial charge in [0.25, 0.3) is 0 Å². The molecule has 1 N–H and O–H groups in total. The zero-order valence-corrected chi connectivity index (χ0v) is 15.9. The Bertz CT molecular complexity index is 969. The first-order valence-electron chi connectivity index (χ1n) is 8.45. The zero-order chi connectivity index (χ0) is 19.8. The predicted octanol–water partition coefficient (Wildman–Crippen LogP) is 3.67. The van der Waals surface area contributed by atoms with Crippen LogP contribution in [-0.2, 0) is 11.2 Å². The number of amides is 1. The molecule has 0 aliphatic carbocycles. The van der Waals surface area contributed by atoms with Gasteiger partial charge in [-0.25, -0.2) is 10.2 Å². The molecule has 0 fully saturated rings. The van der Waals surface area contributed by atoms with E-state index in [1.165, 1.54) is 24.7 Å². The van der Waals surface area contributed by atoms with Crippen molar-refractivity contribution in [2.45, 2.75) is 6.42 Å². The number of benzene rings is 2. The minimum Gasteiger partial charge on any atom is -0.493 e. The van der Waals surface area contributed by atoms with E-state index in [-0.39, 0.29) is 12.3 Å². The van der Waals surface area contributed by atoms with Crippen molar-refractivity contribution in [1.82, 2.24) is 5.43 Å². The molecule has 142 valence electrons. The summed E-state index contributed by atoms with van der Waals surface area (Å²) in [5, 5.41) is 5.76. The van der Waals surface area contributed by atoms with Gasteiger partial charge in [0.15, 0.2) is 11.5 Å². The lowest BCUT2D eigenvalue weighted by Gasteiger charge is -2.09. The Hall–Kier alpha value is -3.45. The van der Waals surface area contributed by atoms with Crippen LogP contribution in [0.15, 0.2) is 71.1 Å². The van der Waals surface area contributed by atoms with Gasteiger partial charge in [0.1, 0.15) is 4.88 Å². The molecule has 28 heavy (non-hydrogen) atoms. The van der Waals surface area contributed by atoms with Crippen LogP contribution in [0.3, 0.4) is 0 Å². The molecule has 0 radical (unpaired) electrons. The second kappa shape index (κ2) is 9.48. The number of hydrazone groups is 1. The van der Waals surface area contributed by atoms with Crippen LogP contribution < -0.4 is 14.9 Å². The summed E-state index contributed by atoms with van der Waals surface area (Å²) in [5.41, 5.74) is 4.09. The first kappa shape index (κ1) is 19.3. The van der Waals surface area contributed by atoms with Crippen molar-refractivity contribution in [1.29, 1.82) is 0 Å². The lowest BCUT2D eigenvalue weighted by molar-refractivity contribution is -0.120. The molecule has 3 rings (SSSR count). The minimum absolute atomic E-state index is 0.212. The first-order chi connectivity index (χ1) is 13.7. The van der Waals surface area contributed by atoms with Crippen molar-refractivity contribution in [3.63, 3.8) is 0 Å². The van der Waals surface area contributed by atoms with Crippen molar-refractivity contribution in [2.75, 3.05) is 7.11 Å². The molecule has 1 amide bonds. The number of ether oxygens (including phenoxy) is 2. The van der Waals surface area contributed by atoms with Gasteiger partial charge in [-0.2, -0.15) is 5.10 Å². The van der Waals surface area contributed by atoms with Crippen LogP contribution in [0.2, 0.25) is 0 Å². The van der Waals surface area contributed by atoms with Crippen molar-refractivity contribution < 1.29 is 19.1 Å². The van der Waals surface area contributed by atoms with E-state index in [4.69, 9.17) is 9.47 Å². The average Bonchev–Trinajstić information content (AvgIpc) is 3.25. The molecule has 6 nitrogen and oxygen atoms in total. The van der Waals surface area contributed by atoms with E-state index in [0.29, 0.717) is 21.9 Å². The maximum atomic E-state index is 12.1. The van der Waals surface area contributed by atoms with Crippen LogP contribution in [0.4, 0.5) is 0 Å². The number of nitrogens with zero attached hydrogens (tertiary/aromatic N) is 1. The standard InChI is InChI=1S/C21H18N2O4S/c1-26-18-12-16(9-10-17(18)27-21(25)19-8-5-11-28-19)14-22-23-20(24)13-15-6-3-2-4-7-15/h2-12,14H,13H2,1H3,(H,23,24)/b22-14-. The minimum atomic E-state index is -0.442. The molecule has 7 heteroatoms. The van der Waals surface area contributed by atoms with E-state index in [1.807, 2.05) is 30.3 Å². The van der Waals surface area contributed by atoms with Crippen LogP contribution in [0.5, 0.6) is 11.5 Å². The van der Waals surface area contributed by atoms with E-state index in [1.54, 1.807) is 35.7 Å². The van der Waals surface area contributed by atoms with Crippen molar-refractivity contribution in [3.05, 3.63) is 82.0 Å². The lowest BCUT2D eigenvalue weighted by Crippen LogP contribution is -2.19. The van der Waals surface area contributed by atoms with Crippen LogP contribution >= 0.6 is 11.3 Å². The first-order valence-corrected chi connectivity index (χ1v) is 9.33. The van der Waals surface area contributed by atoms with Gasteiger partial charge < -0.3 is 9.47 Å². The number of hydrogen-bond acceptors (Lipinski definition) is 6. The van der Waals surface area contributed by atoms with Crippen LogP contribution in [-0.4, -0.2) is 25.2 Å². The molecule has 2 aromatic carbocycles. The highest BCUT2D eigenvalue weighted by Crippen LogP contribution is 2.28. The summed E-state index contributed by atoms with van der Waals surface area (Å²) in [6, 6.07) is 17.9. The Labute approximate surface area is 166 Å². The molecule has 3 aromatic rings. The van der Waals surface area contributed by atoms with Crippen LogP contribution in [0.25, 0.3) is 0 Å². The predicted molar refractivity (Wildman–Crippen MR) is 108 cm³/mol. The smallest absolute Gasteiger partial charge is 0.353 e. The third kappa shape index (κ3) is 5.28. The molecule has 1 heterocycles. The maximum absolute atomic E-state index is 12.1. The monoisotopic (exact) mass is 394 g/mol. The van der Waals surface area contributed by atoms with E-state index in [2.05, 4.69) is 10.5 Å². The van der Waals surface area contributed by atoms with Gasteiger partial charge in [-0.1, -0.05) is 36.4 Å². The van der Waals surface area contributed by atoms with Crippen LogP contribution in [0.1, 0.15) is 20.8 Å². The van der Waals surface area contributed by atoms with Gasteiger partial charge in [0.2, 0.25) is 5.91 Å².